The molecule has 0 radical (unpaired) electrons. The van der Waals surface area contributed by atoms with E-state index < -0.39 is 5.91 Å². The molecule has 0 atom stereocenters. The van der Waals surface area contributed by atoms with Gasteiger partial charge in [0.2, 0.25) is 5.91 Å². The van der Waals surface area contributed by atoms with Crippen LogP contribution in [0.15, 0.2) is 101 Å². The van der Waals surface area contributed by atoms with Gasteiger partial charge in [-0.15, -0.1) is 0 Å². The first-order valence-corrected chi connectivity index (χ1v) is 11.4. The Kier molecular flexibility index (Phi) is 7.72. The third-order valence-electron chi connectivity index (χ3n) is 4.82. The minimum absolute atomic E-state index is 0.110. The molecule has 0 fully saturated rings. The molecule has 4 rings (SSSR count). The molecule has 0 aliphatic rings. The molecule has 0 saturated carbocycles. The topological polar surface area (TPSA) is 83.4 Å². The molecule has 0 aliphatic heterocycles. The summed E-state index contributed by atoms with van der Waals surface area (Å²) in [7, 11) is 0. The van der Waals surface area contributed by atoms with E-state index in [1.54, 1.807) is 60.7 Å². The fourth-order valence-electron chi connectivity index (χ4n) is 3.19. The van der Waals surface area contributed by atoms with Gasteiger partial charge in [-0.3, -0.25) is 14.9 Å². The van der Waals surface area contributed by atoms with Gasteiger partial charge in [0, 0.05) is 23.0 Å². The SMILES string of the molecule is O=C(/C=C/c1ccc(-c2ccccc2)o1)NC(=S)Nc1cccc(NC(=O)c2ccccc2Cl)c1. The van der Waals surface area contributed by atoms with Crippen molar-refractivity contribution in [1.29, 1.82) is 0 Å². The number of carbonyl (C=O) groups is 2. The van der Waals surface area contributed by atoms with Gasteiger partial charge in [-0.25, -0.2) is 0 Å². The third kappa shape index (κ3) is 6.66. The van der Waals surface area contributed by atoms with Crippen LogP contribution < -0.4 is 16.0 Å². The number of furan rings is 1. The standard InChI is InChI=1S/C27H20ClN3O3S/c28-23-12-5-4-11-22(23)26(33)29-19-9-6-10-20(17-19)30-27(35)31-25(32)16-14-21-13-15-24(34-21)18-7-2-1-3-8-18/h1-17H,(H,29,33)(H2,30,31,32,35)/b16-14+. The Balaban J connectivity index is 1.31. The van der Waals surface area contributed by atoms with Crippen molar-refractivity contribution in [2.24, 2.45) is 0 Å². The van der Waals surface area contributed by atoms with Crippen LogP contribution in [0.4, 0.5) is 11.4 Å². The highest BCUT2D eigenvalue weighted by Crippen LogP contribution is 2.22. The van der Waals surface area contributed by atoms with E-state index in [0.717, 1.165) is 5.56 Å². The molecule has 0 aliphatic carbocycles. The number of nitrogens with one attached hydrogen (secondary N) is 3. The summed E-state index contributed by atoms with van der Waals surface area (Å²) in [5.74, 6) is 0.509. The number of benzene rings is 3. The lowest BCUT2D eigenvalue weighted by Gasteiger charge is -2.11. The summed E-state index contributed by atoms with van der Waals surface area (Å²) < 4.78 is 5.75. The molecule has 1 aromatic heterocycles. The predicted octanol–water partition coefficient (Wildman–Crippen LogP) is 6.38. The smallest absolute Gasteiger partial charge is 0.257 e. The van der Waals surface area contributed by atoms with Crippen LogP contribution in [-0.2, 0) is 4.79 Å². The van der Waals surface area contributed by atoms with E-state index in [-0.39, 0.29) is 11.0 Å². The van der Waals surface area contributed by atoms with Gasteiger partial charge >= 0.3 is 0 Å². The number of anilines is 2. The molecule has 3 N–H and O–H groups in total. The Hall–Kier alpha value is -4.20. The normalized spacial score (nSPS) is 10.7. The van der Waals surface area contributed by atoms with Gasteiger partial charge < -0.3 is 15.1 Å². The quantitative estimate of drug-likeness (QED) is 0.211. The highest BCUT2D eigenvalue weighted by atomic mass is 35.5. The van der Waals surface area contributed by atoms with Crippen LogP contribution in [0.1, 0.15) is 16.1 Å². The minimum Gasteiger partial charge on any atom is -0.457 e. The molecule has 8 heteroatoms. The zero-order valence-electron chi connectivity index (χ0n) is 18.3. The number of amides is 2. The number of hydrogen-bond acceptors (Lipinski definition) is 4. The zero-order valence-corrected chi connectivity index (χ0v) is 19.9. The number of halogens is 1. The summed E-state index contributed by atoms with van der Waals surface area (Å²) in [5, 5.41) is 8.77. The number of carbonyl (C=O) groups excluding carboxylic acids is 2. The monoisotopic (exact) mass is 501 g/mol. The molecule has 174 valence electrons. The van der Waals surface area contributed by atoms with Crippen LogP contribution in [0.5, 0.6) is 0 Å². The van der Waals surface area contributed by atoms with E-state index in [2.05, 4.69) is 16.0 Å². The second kappa shape index (κ2) is 11.3. The van der Waals surface area contributed by atoms with Crippen LogP contribution in [0.25, 0.3) is 17.4 Å². The van der Waals surface area contributed by atoms with Crippen LogP contribution >= 0.6 is 23.8 Å². The minimum atomic E-state index is -0.414. The van der Waals surface area contributed by atoms with Crippen LogP contribution in [0.3, 0.4) is 0 Å². The van der Waals surface area contributed by atoms with Gasteiger partial charge in [0.15, 0.2) is 5.11 Å². The van der Waals surface area contributed by atoms with E-state index >= 15 is 0 Å². The second-order valence-corrected chi connectivity index (χ2v) is 8.17. The van der Waals surface area contributed by atoms with Gasteiger partial charge in [-0.05, 0) is 60.8 Å². The summed E-state index contributed by atoms with van der Waals surface area (Å²) in [6, 6.07) is 27.0. The highest BCUT2D eigenvalue weighted by Gasteiger charge is 2.10. The van der Waals surface area contributed by atoms with Gasteiger partial charge in [0.25, 0.3) is 5.91 Å². The van der Waals surface area contributed by atoms with Crippen molar-refractivity contribution in [2.45, 2.75) is 0 Å². The number of hydrogen-bond donors (Lipinski definition) is 3. The van der Waals surface area contributed by atoms with Crippen molar-refractivity contribution in [3.05, 3.63) is 113 Å². The lowest BCUT2D eigenvalue weighted by Crippen LogP contribution is -2.32. The average Bonchev–Trinajstić information content (AvgIpc) is 3.33. The molecule has 35 heavy (non-hydrogen) atoms. The number of thiocarbonyl (C=S) groups is 1. The summed E-state index contributed by atoms with van der Waals surface area (Å²) >= 11 is 11.3. The fraction of sp³-hybridized carbons (Fsp3) is 0. The van der Waals surface area contributed by atoms with Gasteiger partial charge in [0.05, 0.1) is 10.6 Å². The zero-order chi connectivity index (χ0) is 24.6. The van der Waals surface area contributed by atoms with E-state index in [1.165, 1.54) is 6.08 Å². The molecule has 0 spiro atoms. The predicted molar refractivity (Wildman–Crippen MR) is 143 cm³/mol. The van der Waals surface area contributed by atoms with Crippen molar-refractivity contribution < 1.29 is 14.0 Å². The van der Waals surface area contributed by atoms with Crippen molar-refractivity contribution in [2.75, 3.05) is 10.6 Å². The first-order chi connectivity index (χ1) is 17.0. The summed E-state index contributed by atoms with van der Waals surface area (Å²) in [4.78, 5) is 24.7. The molecule has 3 aromatic carbocycles. The van der Waals surface area contributed by atoms with Gasteiger partial charge in [-0.1, -0.05) is 60.1 Å². The van der Waals surface area contributed by atoms with Crippen molar-refractivity contribution in [3.63, 3.8) is 0 Å². The average molecular weight is 502 g/mol. The van der Waals surface area contributed by atoms with Gasteiger partial charge in [-0.2, -0.15) is 0 Å². The molecule has 0 saturated heterocycles. The maximum atomic E-state index is 12.5. The maximum Gasteiger partial charge on any atom is 0.257 e. The maximum absolute atomic E-state index is 12.5. The largest absolute Gasteiger partial charge is 0.457 e. The molecular formula is C27H20ClN3O3S. The first kappa shape index (κ1) is 23.9. The molecule has 0 bridgehead atoms. The Bertz CT molecular complexity index is 1400. The molecule has 1 heterocycles. The third-order valence-corrected chi connectivity index (χ3v) is 5.35. The summed E-state index contributed by atoms with van der Waals surface area (Å²) in [6.07, 6.45) is 2.90. The van der Waals surface area contributed by atoms with E-state index in [1.807, 2.05) is 36.4 Å². The van der Waals surface area contributed by atoms with Crippen molar-refractivity contribution in [3.8, 4) is 11.3 Å². The lowest BCUT2D eigenvalue weighted by atomic mass is 10.2. The summed E-state index contributed by atoms with van der Waals surface area (Å²) in [6.45, 7) is 0. The van der Waals surface area contributed by atoms with E-state index in [4.69, 9.17) is 28.2 Å². The fourth-order valence-corrected chi connectivity index (χ4v) is 3.63. The van der Waals surface area contributed by atoms with E-state index in [0.29, 0.717) is 33.5 Å². The lowest BCUT2D eigenvalue weighted by molar-refractivity contribution is -0.115. The molecular weight excluding hydrogens is 482 g/mol. The highest BCUT2D eigenvalue weighted by molar-refractivity contribution is 7.80. The molecule has 2 amide bonds. The Morgan fingerprint density at radius 3 is 2.31 bits per heavy atom. The van der Waals surface area contributed by atoms with Crippen molar-refractivity contribution >= 4 is 58.2 Å². The molecule has 6 nitrogen and oxygen atoms in total. The second-order valence-electron chi connectivity index (χ2n) is 7.36. The van der Waals surface area contributed by atoms with Crippen LogP contribution in [0.2, 0.25) is 5.02 Å². The molecule has 0 unspecified atom stereocenters. The Labute approximate surface area is 212 Å². The van der Waals surface area contributed by atoms with Gasteiger partial charge in [0.1, 0.15) is 11.5 Å². The Morgan fingerprint density at radius 2 is 1.54 bits per heavy atom. The molecule has 4 aromatic rings. The van der Waals surface area contributed by atoms with Crippen LogP contribution in [0, 0.1) is 0 Å². The van der Waals surface area contributed by atoms with Crippen LogP contribution in [-0.4, -0.2) is 16.9 Å². The van der Waals surface area contributed by atoms with Crippen molar-refractivity contribution in [1.82, 2.24) is 5.32 Å². The van der Waals surface area contributed by atoms with E-state index in [9.17, 15) is 9.59 Å². The first-order valence-electron chi connectivity index (χ1n) is 10.6. The Morgan fingerprint density at radius 1 is 0.829 bits per heavy atom. The summed E-state index contributed by atoms with van der Waals surface area (Å²) in [5.41, 5.74) is 2.46. The number of rotatable bonds is 6.